The molecule has 186 valence electrons. The molecule has 0 spiro atoms. The van der Waals surface area contributed by atoms with Crippen molar-refractivity contribution < 1.29 is 22.7 Å². The zero-order valence-electron chi connectivity index (χ0n) is 19.6. The number of aromatic nitrogens is 2. The molecular weight excluding hydrogens is 459 g/mol. The number of hydrogen-bond donors (Lipinski definition) is 2. The largest absolute Gasteiger partial charge is 0.573 e. The van der Waals surface area contributed by atoms with E-state index in [-0.39, 0.29) is 35.7 Å². The number of halogens is 3. The number of rotatable bonds is 7. The molecule has 1 aromatic heterocycles. The van der Waals surface area contributed by atoms with Crippen LogP contribution in [0.25, 0.3) is 10.9 Å². The smallest absolute Gasteiger partial charge is 0.405 e. The summed E-state index contributed by atoms with van der Waals surface area (Å²) < 4.78 is 41.9. The van der Waals surface area contributed by atoms with Gasteiger partial charge in [-0.25, -0.2) is 4.98 Å². The molecule has 1 aliphatic carbocycles. The molecule has 35 heavy (non-hydrogen) atoms. The van der Waals surface area contributed by atoms with Gasteiger partial charge in [-0.2, -0.15) is 4.98 Å². The average molecular weight is 488 g/mol. The molecule has 10 heteroatoms. The van der Waals surface area contributed by atoms with E-state index in [0.29, 0.717) is 18.8 Å². The van der Waals surface area contributed by atoms with Gasteiger partial charge in [-0.05, 0) is 43.9 Å². The molecule has 1 heterocycles. The molecule has 3 aromatic rings. The number of carbonyl (C=O) groups excluding carboxylic acids is 1. The fourth-order valence-electron chi connectivity index (χ4n) is 4.35. The standard InChI is InChI=1S/C25H28F3N5O2/c1-33(2)22-19-8-4-5-9-20(19)31-24(32-22)30-18-13-11-16(12-14-18)23(34)29-15-17-7-3-6-10-21(17)35-25(26,27)28/h3-10,16,18H,11-15H2,1-2H3,(H,29,34)(H,30,31,32). The average Bonchev–Trinajstić information content (AvgIpc) is 2.82. The van der Waals surface area contributed by atoms with E-state index < -0.39 is 6.36 Å². The Labute approximate surface area is 201 Å². The fourth-order valence-corrected chi connectivity index (χ4v) is 4.35. The first-order valence-electron chi connectivity index (χ1n) is 11.5. The number of ether oxygens (including phenoxy) is 1. The van der Waals surface area contributed by atoms with E-state index in [1.165, 1.54) is 18.2 Å². The zero-order valence-corrected chi connectivity index (χ0v) is 19.6. The minimum Gasteiger partial charge on any atom is -0.405 e. The highest BCUT2D eigenvalue weighted by Crippen LogP contribution is 2.29. The number of benzene rings is 2. The van der Waals surface area contributed by atoms with E-state index in [0.717, 1.165) is 29.6 Å². The lowest BCUT2D eigenvalue weighted by Crippen LogP contribution is -2.36. The lowest BCUT2D eigenvalue weighted by molar-refractivity contribution is -0.274. The summed E-state index contributed by atoms with van der Waals surface area (Å²) in [6, 6.07) is 13.8. The summed E-state index contributed by atoms with van der Waals surface area (Å²) in [5.41, 5.74) is 1.13. The highest BCUT2D eigenvalue weighted by Gasteiger charge is 2.32. The number of hydrogen-bond acceptors (Lipinski definition) is 6. The van der Waals surface area contributed by atoms with E-state index in [9.17, 15) is 18.0 Å². The van der Waals surface area contributed by atoms with Crippen molar-refractivity contribution in [3.63, 3.8) is 0 Å². The van der Waals surface area contributed by atoms with Crippen molar-refractivity contribution >= 4 is 28.6 Å². The maximum absolute atomic E-state index is 12.7. The number of nitrogens with zero attached hydrogens (tertiary/aromatic N) is 3. The molecule has 7 nitrogen and oxygen atoms in total. The van der Waals surface area contributed by atoms with Crippen LogP contribution in [-0.4, -0.2) is 42.4 Å². The molecule has 0 aliphatic heterocycles. The second kappa shape index (κ2) is 10.4. The number of anilines is 2. The van der Waals surface area contributed by atoms with Crippen LogP contribution in [0.5, 0.6) is 5.75 Å². The molecule has 1 amide bonds. The van der Waals surface area contributed by atoms with E-state index in [4.69, 9.17) is 0 Å². The van der Waals surface area contributed by atoms with Gasteiger partial charge in [-0.15, -0.1) is 13.2 Å². The molecule has 2 N–H and O–H groups in total. The Bertz CT molecular complexity index is 1180. The quantitative estimate of drug-likeness (QED) is 0.495. The Kier molecular flexibility index (Phi) is 7.28. The molecular formula is C25H28F3N5O2. The van der Waals surface area contributed by atoms with Gasteiger partial charge in [0.2, 0.25) is 11.9 Å². The first kappa shape index (κ1) is 24.6. The third kappa shape index (κ3) is 6.32. The van der Waals surface area contributed by atoms with Crippen molar-refractivity contribution in [2.24, 2.45) is 5.92 Å². The third-order valence-electron chi connectivity index (χ3n) is 6.09. The van der Waals surface area contributed by atoms with Gasteiger partial charge in [0.1, 0.15) is 11.6 Å². The topological polar surface area (TPSA) is 79.4 Å². The number of fused-ring (bicyclic) bond motifs is 1. The molecule has 0 radical (unpaired) electrons. The van der Waals surface area contributed by atoms with Crippen LogP contribution in [0.3, 0.4) is 0 Å². The van der Waals surface area contributed by atoms with Crippen molar-refractivity contribution in [3.8, 4) is 5.75 Å². The van der Waals surface area contributed by atoms with Crippen molar-refractivity contribution in [2.75, 3.05) is 24.3 Å². The summed E-state index contributed by atoms with van der Waals surface area (Å²) in [4.78, 5) is 23.9. The van der Waals surface area contributed by atoms with Crippen molar-refractivity contribution in [1.82, 2.24) is 15.3 Å². The molecule has 2 aromatic carbocycles. The highest BCUT2D eigenvalue weighted by atomic mass is 19.4. The number of alkyl halides is 3. The molecule has 1 fully saturated rings. The third-order valence-corrected chi connectivity index (χ3v) is 6.09. The second-order valence-corrected chi connectivity index (χ2v) is 8.85. The minimum atomic E-state index is -4.78. The van der Waals surface area contributed by atoms with E-state index >= 15 is 0 Å². The van der Waals surface area contributed by atoms with Gasteiger partial charge >= 0.3 is 6.36 Å². The van der Waals surface area contributed by atoms with Crippen LogP contribution >= 0.6 is 0 Å². The normalized spacial score (nSPS) is 18.2. The van der Waals surface area contributed by atoms with Gasteiger partial charge in [0.25, 0.3) is 0 Å². The highest BCUT2D eigenvalue weighted by molar-refractivity contribution is 5.90. The van der Waals surface area contributed by atoms with Crippen LogP contribution in [0.4, 0.5) is 24.9 Å². The van der Waals surface area contributed by atoms with Crippen molar-refractivity contribution in [3.05, 3.63) is 54.1 Å². The van der Waals surface area contributed by atoms with Crippen LogP contribution < -0.4 is 20.3 Å². The Morgan fingerprint density at radius 2 is 1.71 bits per heavy atom. The second-order valence-electron chi connectivity index (χ2n) is 8.85. The molecule has 0 bridgehead atoms. The van der Waals surface area contributed by atoms with E-state index in [1.807, 2.05) is 43.3 Å². The Morgan fingerprint density at radius 1 is 1.03 bits per heavy atom. The summed E-state index contributed by atoms with van der Waals surface area (Å²) >= 11 is 0. The lowest BCUT2D eigenvalue weighted by atomic mass is 9.85. The van der Waals surface area contributed by atoms with Gasteiger partial charge in [0.15, 0.2) is 0 Å². The van der Waals surface area contributed by atoms with Gasteiger partial charge in [0.05, 0.1) is 5.52 Å². The van der Waals surface area contributed by atoms with Crippen LogP contribution in [0.1, 0.15) is 31.2 Å². The van der Waals surface area contributed by atoms with Crippen LogP contribution in [0.15, 0.2) is 48.5 Å². The Morgan fingerprint density at radius 3 is 2.43 bits per heavy atom. The van der Waals surface area contributed by atoms with Crippen LogP contribution in [-0.2, 0) is 11.3 Å². The fraction of sp³-hybridized carbons (Fsp3) is 0.400. The summed E-state index contributed by atoms with van der Waals surface area (Å²) in [6.45, 7) is -0.0263. The number of carbonyl (C=O) groups is 1. The Balaban J connectivity index is 1.32. The van der Waals surface area contributed by atoms with Gasteiger partial charge in [-0.1, -0.05) is 30.3 Å². The molecule has 0 unspecified atom stereocenters. The predicted octanol–water partition coefficient (Wildman–Crippen LogP) is 4.88. The Hall–Kier alpha value is -3.56. The maximum Gasteiger partial charge on any atom is 0.573 e. The summed E-state index contributed by atoms with van der Waals surface area (Å²) in [7, 11) is 3.88. The van der Waals surface area contributed by atoms with E-state index in [1.54, 1.807) is 6.07 Å². The summed E-state index contributed by atoms with van der Waals surface area (Å²) in [5, 5.41) is 7.15. The summed E-state index contributed by atoms with van der Waals surface area (Å²) in [6.07, 6.45) is -1.93. The SMILES string of the molecule is CN(C)c1nc(NC2CCC(C(=O)NCc3ccccc3OC(F)(F)F)CC2)nc2ccccc12. The number of amides is 1. The van der Waals surface area contributed by atoms with Gasteiger partial charge < -0.3 is 20.3 Å². The van der Waals surface area contributed by atoms with Crippen LogP contribution in [0, 0.1) is 5.92 Å². The molecule has 1 saturated carbocycles. The number of nitrogens with one attached hydrogen (secondary N) is 2. The first-order valence-corrected chi connectivity index (χ1v) is 11.5. The van der Waals surface area contributed by atoms with Crippen molar-refractivity contribution in [1.29, 1.82) is 0 Å². The number of para-hydroxylation sites is 2. The van der Waals surface area contributed by atoms with Crippen LogP contribution in [0.2, 0.25) is 0 Å². The molecule has 1 aliphatic rings. The monoisotopic (exact) mass is 487 g/mol. The predicted molar refractivity (Wildman–Crippen MR) is 128 cm³/mol. The van der Waals surface area contributed by atoms with Gasteiger partial charge in [-0.3, -0.25) is 4.79 Å². The molecule has 0 saturated heterocycles. The lowest BCUT2D eigenvalue weighted by Gasteiger charge is -2.29. The first-order chi connectivity index (χ1) is 16.7. The summed E-state index contributed by atoms with van der Waals surface area (Å²) in [5.74, 6) is 0.726. The molecule has 0 atom stereocenters. The van der Waals surface area contributed by atoms with E-state index in [2.05, 4.69) is 25.3 Å². The molecule has 4 rings (SSSR count). The minimum absolute atomic E-state index is 0.0263. The van der Waals surface area contributed by atoms with Crippen molar-refractivity contribution in [2.45, 2.75) is 44.6 Å². The maximum atomic E-state index is 12.7. The van der Waals surface area contributed by atoms with Gasteiger partial charge in [0, 0.05) is 43.5 Å². The zero-order chi connectivity index (χ0) is 25.0.